The highest BCUT2D eigenvalue weighted by atomic mass is 16.2. The van der Waals surface area contributed by atoms with Gasteiger partial charge in [-0.3, -0.25) is 14.5 Å². The molecule has 0 saturated carbocycles. The van der Waals surface area contributed by atoms with Gasteiger partial charge in [0.25, 0.3) is 0 Å². The summed E-state index contributed by atoms with van der Waals surface area (Å²) in [4.78, 5) is 25.3. The lowest BCUT2D eigenvalue weighted by molar-refractivity contribution is -0.123. The van der Waals surface area contributed by atoms with Gasteiger partial charge in [0.1, 0.15) is 0 Å². The van der Waals surface area contributed by atoms with Crippen LogP contribution in [0.1, 0.15) is 18.4 Å². The predicted octanol–water partition coefficient (Wildman–Crippen LogP) is 0.296. The van der Waals surface area contributed by atoms with Gasteiger partial charge in [-0.25, -0.2) is 0 Å². The van der Waals surface area contributed by atoms with Gasteiger partial charge in [0.05, 0.1) is 13.1 Å². The number of nitrogens with zero attached hydrogens (tertiary/aromatic N) is 1. The molecule has 1 fully saturated rings. The van der Waals surface area contributed by atoms with Crippen LogP contribution in [-0.4, -0.2) is 42.9 Å². The third kappa shape index (κ3) is 4.84. The third-order valence-electron chi connectivity index (χ3n) is 3.52. The maximum absolute atomic E-state index is 11.8. The van der Waals surface area contributed by atoms with Crippen LogP contribution in [0.5, 0.6) is 0 Å². The van der Waals surface area contributed by atoms with Gasteiger partial charge in [-0.15, -0.1) is 0 Å². The van der Waals surface area contributed by atoms with Crippen LogP contribution < -0.4 is 16.4 Å². The summed E-state index contributed by atoms with van der Waals surface area (Å²) in [7, 11) is 0. The minimum absolute atomic E-state index is 0.0614. The van der Waals surface area contributed by atoms with E-state index in [1.165, 1.54) is 12.8 Å². The van der Waals surface area contributed by atoms with Crippen molar-refractivity contribution in [2.45, 2.75) is 19.4 Å². The van der Waals surface area contributed by atoms with E-state index >= 15 is 0 Å². The van der Waals surface area contributed by atoms with E-state index in [0.29, 0.717) is 0 Å². The lowest BCUT2D eigenvalue weighted by Crippen LogP contribution is -2.36. The Kier molecular flexibility index (Phi) is 5.71. The molecule has 6 nitrogen and oxygen atoms in total. The fraction of sp³-hybridized carbons (Fsp3) is 0.467. The van der Waals surface area contributed by atoms with Crippen molar-refractivity contribution in [1.29, 1.82) is 0 Å². The van der Waals surface area contributed by atoms with Crippen LogP contribution >= 0.6 is 0 Å². The Morgan fingerprint density at radius 3 is 2.57 bits per heavy atom. The van der Waals surface area contributed by atoms with E-state index in [9.17, 15) is 9.59 Å². The summed E-state index contributed by atoms with van der Waals surface area (Å²) in [5.74, 6) is -0.582. The molecule has 6 heteroatoms. The molecular weight excluding hydrogens is 268 g/mol. The Morgan fingerprint density at radius 1 is 1.14 bits per heavy atom. The second-order valence-electron chi connectivity index (χ2n) is 5.17. The van der Waals surface area contributed by atoms with Crippen molar-refractivity contribution in [3.05, 3.63) is 29.8 Å². The van der Waals surface area contributed by atoms with Gasteiger partial charge in [0, 0.05) is 12.2 Å². The number of likely N-dealkylation sites (tertiary alicyclic amines) is 1. The molecule has 1 aromatic rings. The number of benzene rings is 1. The number of amides is 2. The standard InChI is InChI=1S/C15H22N4O2/c16-9-14(20)17-10-15(21)18-13-6-2-1-5-12(13)11-19-7-3-4-8-19/h1-2,5-6H,3-4,7-11,16H2,(H,17,20)(H,18,21). The summed E-state index contributed by atoms with van der Waals surface area (Å²) in [5, 5.41) is 5.30. The average Bonchev–Trinajstić information content (AvgIpc) is 3.00. The zero-order valence-corrected chi connectivity index (χ0v) is 12.1. The second kappa shape index (κ2) is 7.75. The van der Waals surface area contributed by atoms with Gasteiger partial charge in [0.2, 0.25) is 11.8 Å². The largest absolute Gasteiger partial charge is 0.346 e. The number of nitrogens with one attached hydrogen (secondary N) is 2. The number of hydrogen-bond donors (Lipinski definition) is 3. The molecule has 1 saturated heterocycles. The number of rotatable bonds is 6. The van der Waals surface area contributed by atoms with E-state index in [4.69, 9.17) is 5.73 Å². The van der Waals surface area contributed by atoms with Gasteiger partial charge >= 0.3 is 0 Å². The third-order valence-corrected chi connectivity index (χ3v) is 3.52. The number of hydrogen-bond acceptors (Lipinski definition) is 4. The highest BCUT2D eigenvalue weighted by molar-refractivity contribution is 5.95. The summed E-state index contributed by atoms with van der Waals surface area (Å²) in [6, 6.07) is 7.76. The van der Waals surface area contributed by atoms with Crippen molar-refractivity contribution in [3.8, 4) is 0 Å². The topological polar surface area (TPSA) is 87.5 Å². The molecule has 2 amide bonds. The monoisotopic (exact) mass is 290 g/mol. The van der Waals surface area contributed by atoms with E-state index < -0.39 is 0 Å². The van der Waals surface area contributed by atoms with Crippen LogP contribution in [0.25, 0.3) is 0 Å². The molecule has 1 aliphatic rings. The molecule has 0 aromatic heterocycles. The van der Waals surface area contributed by atoms with Crippen molar-refractivity contribution < 1.29 is 9.59 Å². The summed E-state index contributed by atoms with van der Waals surface area (Å²) in [5.41, 5.74) is 7.07. The second-order valence-corrected chi connectivity index (χ2v) is 5.17. The quantitative estimate of drug-likeness (QED) is 0.703. The molecule has 0 spiro atoms. The zero-order chi connectivity index (χ0) is 15.1. The summed E-state index contributed by atoms with van der Waals surface area (Å²) in [6.07, 6.45) is 2.47. The maximum Gasteiger partial charge on any atom is 0.243 e. The first kappa shape index (κ1) is 15.5. The molecule has 0 atom stereocenters. The normalized spacial score (nSPS) is 14.9. The number of anilines is 1. The van der Waals surface area contributed by atoms with Crippen molar-refractivity contribution in [1.82, 2.24) is 10.2 Å². The predicted molar refractivity (Wildman–Crippen MR) is 81.6 cm³/mol. The van der Waals surface area contributed by atoms with E-state index in [1.54, 1.807) is 0 Å². The Balaban J connectivity index is 1.92. The summed E-state index contributed by atoms with van der Waals surface area (Å²) in [6.45, 7) is 2.88. The first-order chi connectivity index (χ1) is 10.2. The number of para-hydroxylation sites is 1. The van der Waals surface area contributed by atoms with E-state index in [2.05, 4.69) is 15.5 Å². The first-order valence-corrected chi connectivity index (χ1v) is 7.26. The Bertz CT molecular complexity index is 498. The molecular formula is C15H22N4O2. The molecule has 4 N–H and O–H groups in total. The zero-order valence-electron chi connectivity index (χ0n) is 12.1. The van der Waals surface area contributed by atoms with Crippen molar-refractivity contribution in [2.75, 3.05) is 31.5 Å². The van der Waals surface area contributed by atoms with Crippen molar-refractivity contribution >= 4 is 17.5 Å². The van der Waals surface area contributed by atoms with Crippen LogP contribution in [0.3, 0.4) is 0 Å². The molecule has 1 aliphatic heterocycles. The first-order valence-electron chi connectivity index (χ1n) is 7.26. The SMILES string of the molecule is NCC(=O)NCC(=O)Nc1ccccc1CN1CCCC1. The lowest BCUT2D eigenvalue weighted by Gasteiger charge is -2.17. The van der Waals surface area contributed by atoms with Crippen molar-refractivity contribution in [2.24, 2.45) is 5.73 Å². The fourth-order valence-electron chi connectivity index (χ4n) is 2.41. The van der Waals surface area contributed by atoms with E-state index in [-0.39, 0.29) is 24.9 Å². The fourth-order valence-corrected chi connectivity index (χ4v) is 2.41. The Hall–Kier alpha value is -1.92. The van der Waals surface area contributed by atoms with Crippen LogP contribution in [-0.2, 0) is 16.1 Å². The molecule has 114 valence electrons. The van der Waals surface area contributed by atoms with Crippen LogP contribution in [0.2, 0.25) is 0 Å². The van der Waals surface area contributed by atoms with E-state index in [1.807, 2.05) is 24.3 Å². The van der Waals surface area contributed by atoms with Gasteiger partial charge in [-0.1, -0.05) is 18.2 Å². The minimum atomic E-state index is -0.337. The number of carbonyl (C=O) groups excluding carboxylic acids is 2. The number of carbonyl (C=O) groups is 2. The lowest BCUT2D eigenvalue weighted by atomic mass is 10.1. The smallest absolute Gasteiger partial charge is 0.243 e. The number of nitrogens with two attached hydrogens (primary N) is 1. The average molecular weight is 290 g/mol. The minimum Gasteiger partial charge on any atom is -0.346 e. The summed E-state index contributed by atoms with van der Waals surface area (Å²) >= 11 is 0. The van der Waals surface area contributed by atoms with Crippen LogP contribution in [0.15, 0.2) is 24.3 Å². The van der Waals surface area contributed by atoms with Gasteiger partial charge in [-0.05, 0) is 37.6 Å². The molecule has 1 aromatic carbocycles. The highest BCUT2D eigenvalue weighted by Gasteiger charge is 2.14. The van der Waals surface area contributed by atoms with Gasteiger partial charge < -0.3 is 16.4 Å². The molecule has 1 heterocycles. The Morgan fingerprint density at radius 2 is 1.86 bits per heavy atom. The van der Waals surface area contributed by atoms with Crippen LogP contribution in [0.4, 0.5) is 5.69 Å². The Labute approximate surface area is 124 Å². The van der Waals surface area contributed by atoms with Crippen LogP contribution in [0, 0.1) is 0 Å². The molecule has 0 aliphatic carbocycles. The molecule has 21 heavy (non-hydrogen) atoms. The molecule has 0 unspecified atom stereocenters. The summed E-state index contributed by atoms with van der Waals surface area (Å²) < 4.78 is 0. The van der Waals surface area contributed by atoms with Gasteiger partial charge in [-0.2, -0.15) is 0 Å². The van der Waals surface area contributed by atoms with Crippen molar-refractivity contribution in [3.63, 3.8) is 0 Å². The maximum atomic E-state index is 11.8. The molecule has 0 bridgehead atoms. The molecule has 0 radical (unpaired) electrons. The highest BCUT2D eigenvalue weighted by Crippen LogP contribution is 2.19. The van der Waals surface area contributed by atoms with E-state index in [0.717, 1.165) is 30.9 Å². The van der Waals surface area contributed by atoms with Gasteiger partial charge in [0.15, 0.2) is 0 Å². The molecule has 2 rings (SSSR count).